The fourth-order valence-electron chi connectivity index (χ4n) is 6.21. The van der Waals surface area contributed by atoms with Crippen LogP contribution >= 0.6 is 11.3 Å². The van der Waals surface area contributed by atoms with Crippen molar-refractivity contribution in [2.75, 3.05) is 20.3 Å². The number of alkyl halides is 3. The number of carbonyl (C=O) groups excluding carboxylic acids is 2. The first-order valence-corrected chi connectivity index (χ1v) is 19.2. The van der Waals surface area contributed by atoms with Crippen LogP contribution < -0.4 is 5.73 Å². The van der Waals surface area contributed by atoms with Gasteiger partial charge in [0.1, 0.15) is 0 Å². The van der Waals surface area contributed by atoms with E-state index in [0.717, 1.165) is 17.5 Å². The van der Waals surface area contributed by atoms with Gasteiger partial charge in [-0.1, -0.05) is 81.4 Å². The summed E-state index contributed by atoms with van der Waals surface area (Å²) in [5.74, 6) is -2.29. The number of ether oxygens (including phenoxy) is 1. The molecular weight excluding hydrogens is 744 g/mol. The number of aromatic amines is 1. The molecule has 0 bridgehead atoms. The second kappa shape index (κ2) is 16.4. The third-order valence-electron chi connectivity index (χ3n) is 9.01. The van der Waals surface area contributed by atoms with E-state index in [1.807, 2.05) is 20.8 Å². The van der Waals surface area contributed by atoms with Crippen molar-refractivity contribution in [3.8, 4) is 0 Å². The molecule has 0 spiro atoms. The molecule has 11 nitrogen and oxygen atoms in total. The molecule has 3 aromatic carbocycles. The summed E-state index contributed by atoms with van der Waals surface area (Å²) in [6.45, 7) is 4.84. The van der Waals surface area contributed by atoms with Crippen LogP contribution in [0.25, 0.3) is 10.9 Å². The fraction of sp³-hybridized carbons (Fsp3) is 0.342. The summed E-state index contributed by atoms with van der Waals surface area (Å²) in [7, 11) is -3.50. The number of thiophene rings is 1. The van der Waals surface area contributed by atoms with E-state index < -0.39 is 63.7 Å². The Balaban J connectivity index is 1.57. The number of amides is 2. The smallest absolute Gasteiger partial charge is 0.417 e. The highest BCUT2D eigenvalue weighted by molar-refractivity contribution is 7.89. The van der Waals surface area contributed by atoms with Crippen LogP contribution in [0.4, 0.5) is 18.0 Å². The molecule has 2 aromatic heterocycles. The Labute approximate surface area is 315 Å². The molecule has 0 radical (unpaired) electrons. The van der Waals surface area contributed by atoms with Crippen molar-refractivity contribution in [1.29, 1.82) is 0 Å². The van der Waals surface area contributed by atoms with Gasteiger partial charge in [0.15, 0.2) is 6.04 Å². The molecule has 0 aliphatic rings. The predicted octanol–water partition coefficient (Wildman–Crippen LogP) is 7.14. The molecule has 54 heavy (non-hydrogen) atoms. The Morgan fingerprint density at radius 2 is 1.54 bits per heavy atom. The molecule has 2 amide bonds. The Morgan fingerprint density at radius 3 is 2.07 bits per heavy atom. The first-order valence-electron chi connectivity index (χ1n) is 17.0. The van der Waals surface area contributed by atoms with E-state index in [9.17, 15) is 23.1 Å². The van der Waals surface area contributed by atoms with Crippen LogP contribution in [0.1, 0.15) is 66.1 Å². The van der Waals surface area contributed by atoms with E-state index in [2.05, 4.69) is 10.2 Å². The van der Waals surface area contributed by atoms with Crippen molar-refractivity contribution in [2.24, 2.45) is 11.1 Å². The summed E-state index contributed by atoms with van der Waals surface area (Å²) in [6, 6.07) is 17.8. The van der Waals surface area contributed by atoms with E-state index in [-0.39, 0.29) is 26.6 Å². The molecule has 3 atom stereocenters. The Hall–Kier alpha value is -4.61. The van der Waals surface area contributed by atoms with Gasteiger partial charge in [0.25, 0.3) is 5.91 Å². The number of H-pyrrole nitrogens is 1. The van der Waals surface area contributed by atoms with Crippen LogP contribution in [-0.2, 0) is 19.6 Å². The lowest BCUT2D eigenvalue weighted by Gasteiger charge is -2.34. The zero-order valence-corrected chi connectivity index (χ0v) is 31.7. The van der Waals surface area contributed by atoms with Crippen molar-refractivity contribution in [3.63, 3.8) is 0 Å². The number of nitrogens with one attached hydrogen (secondary N) is 1. The number of carbonyl (C=O) groups is 2. The van der Waals surface area contributed by atoms with Gasteiger partial charge >= 0.3 is 12.3 Å². The van der Waals surface area contributed by atoms with Gasteiger partial charge in [0.05, 0.1) is 42.4 Å². The molecule has 5 aromatic rings. The summed E-state index contributed by atoms with van der Waals surface area (Å²) in [5.41, 5.74) is 7.67. The highest BCUT2D eigenvalue weighted by atomic mass is 32.2. The highest BCUT2D eigenvalue weighted by Gasteiger charge is 2.52. The summed E-state index contributed by atoms with van der Waals surface area (Å²) in [4.78, 5) is 26.9. The zero-order valence-electron chi connectivity index (χ0n) is 30.0. The average Bonchev–Trinajstić information content (AvgIpc) is 3.81. The fourth-order valence-corrected chi connectivity index (χ4v) is 9.13. The lowest BCUT2D eigenvalue weighted by atomic mass is 9.84. The van der Waals surface area contributed by atoms with Crippen molar-refractivity contribution >= 4 is 44.3 Å². The predicted molar refractivity (Wildman–Crippen MR) is 199 cm³/mol. The van der Waals surface area contributed by atoms with Crippen LogP contribution in [0.15, 0.2) is 102 Å². The molecule has 288 valence electrons. The van der Waals surface area contributed by atoms with Gasteiger partial charge in [0.2, 0.25) is 10.0 Å². The van der Waals surface area contributed by atoms with E-state index in [4.69, 9.17) is 10.5 Å². The number of hydrogen-bond acceptors (Lipinski definition) is 9. The lowest BCUT2D eigenvalue weighted by molar-refractivity contribution is -0.186. The SMILES string of the molecule is COC(=O)N(C(=O)[C@@H](N)C(c1ccccc1)c1ccccc1)[C@H](c1ccc([C@@H](CO)N(CCC(C)(C)C)S(=O)(=O)c2ccc3cn[nH]c3c2)s1)C(F)(F)F. The number of halogens is 3. The largest absolute Gasteiger partial charge is 0.452 e. The number of imide groups is 1. The van der Waals surface area contributed by atoms with Gasteiger partial charge in [-0.3, -0.25) is 9.89 Å². The van der Waals surface area contributed by atoms with Crippen LogP contribution in [0, 0.1) is 5.41 Å². The van der Waals surface area contributed by atoms with Crippen molar-refractivity contribution < 1.29 is 41.0 Å². The molecule has 0 saturated heterocycles. The molecule has 0 aliphatic carbocycles. The summed E-state index contributed by atoms with van der Waals surface area (Å²) >= 11 is 0.519. The molecule has 0 aliphatic heterocycles. The molecule has 0 saturated carbocycles. The van der Waals surface area contributed by atoms with Crippen LogP contribution in [0.2, 0.25) is 0 Å². The van der Waals surface area contributed by atoms with Crippen molar-refractivity contribution in [1.82, 2.24) is 19.4 Å². The zero-order chi connectivity index (χ0) is 39.4. The third kappa shape index (κ3) is 8.84. The maximum absolute atomic E-state index is 15.2. The van der Waals surface area contributed by atoms with Crippen LogP contribution in [0.3, 0.4) is 0 Å². The maximum atomic E-state index is 15.2. The topological polar surface area (TPSA) is 159 Å². The number of rotatable bonds is 13. The van der Waals surface area contributed by atoms with Gasteiger partial charge in [-0.25, -0.2) is 18.1 Å². The summed E-state index contributed by atoms with van der Waals surface area (Å²) < 4.78 is 80.1. The van der Waals surface area contributed by atoms with Crippen molar-refractivity contribution in [2.45, 2.75) is 62.3 Å². The van der Waals surface area contributed by atoms with Crippen LogP contribution in [-0.4, -0.2) is 77.4 Å². The van der Waals surface area contributed by atoms with Gasteiger partial charge in [-0.05, 0) is 53.3 Å². The second-order valence-electron chi connectivity index (χ2n) is 13.9. The number of fused-ring (bicyclic) bond motifs is 1. The number of benzene rings is 3. The number of nitrogens with zero attached hydrogens (tertiary/aromatic N) is 3. The van der Waals surface area contributed by atoms with E-state index in [1.54, 1.807) is 66.7 Å². The van der Waals surface area contributed by atoms with Crippen molar-refractivity contribution in [3.05, 3.63) is 118 Å². The first kappa shape index (κ1) is 40.6. The Kier molecular flexibility index (Phi) is 12.3. The molecule has 4 N–H and O–H groups in total. The minimum atomic E-state index is -5.23. The number of aliphatic hydroxyl groups is 1. The standard InChI is InChI=1S/C38H42F3N5O6S2/c1-37(2,3)19-20-45(54(50,51)27-16-15-26-22-43-44-28(26)21-27)29(23-47)30-17-18-31(53-30)34(38(39,40)41)46(36(49)52-4)35(48)33(42)32(24-11-7-5-8-12-24)25-13-9-6-10-14-25/h5-18,21-22,29,32-34,47H,19-20,23,42H2,1-4H3,(H,43,44)/t29-,33+,34-/m1/s1. The Morgan fingerprint density at radius 1 is 0.944 bits per heavy atom. The molecule has 16 heteroatoms. The van der Waals surface area contributed by atoms with Gasteiger partial charge in [0, 0.05) is 27.6 Å². The van der Waals surface area contributed by atoms with Gasteiger partial charge < -0.3 is 15.6 Å². The van der Waals surface area contributed by atoms with E-state index >= 15 is 13.2 Å². The monoisotopic (exact) mass is 785 g/mol. The van der Waals surface area contributed by atoms with Crippen LogP contribution in [0.5, 0.6) is 0 Å². The second-order valence-corrected chi connectivity index (χ2v) is 17.0. The van der Waals surface area contributed by atoms with E-state index in [0.29, 0.717) is 39.8 Å². The number of hydrogen-bond donors (Lipinski definition) is 3. The third-order valence-corrected chi connectivity index (χ3v) is 12.1. The quantitative estimate of drug-likeness (QED) is 0.114. The first-order chi connectivity index (χ1) is 25.5. The van der Waals surface area contributed by atoms with E-state index in [1.165, 1.54) is 24.4 Å². The normalized spacial score (nSPS) is 14.3. The molecule has 0 unspecified atom stereocenters. The maximum Gasteiger partial charge on any atom is 0.417 e. The van der Waals surface area contributed by atoms with Gasteiger partial charge in [-0.15, -0.1) is 11.3 Å². The number of sulfonamides is 1. The minimum absolute atomic E-state index is 0.0269. The number of aromatic nitrogens is 2. The molecule has 5 rings (SSSR count). The summed E-state index contributed by atoms with van der Waals surface area (Å²) in [6.07, 6.45) is -4.95. The lowest BCUT2D eigenvalue weighted by Crippen LogP contribution is -2.53. The highest BCUT2D eigenvalue weighted by Crippen LogP contribution is 2.44. The number of nitrogens with two attached hydrogens (primary N) is 1. The number of methoxy groups -OCH3 is 1. The molecule has 2 heterocycles. The number of aliphatic hydroxyl groups excluding tert-OH is 1. The average molecular weight is 786 g/mol. The molecular formula is C38H42F3N5O6S2. The van der Waals surface area contributed by atoms with Gasteiger partial charge in [-0.2, -0.15) is 22.6 Å². The minimum Gasteiger partial charge on any atom is -0.452 e. The molecule has 0 fully saturated rings. The Bertz CT molecular complexity index is 2110. The summed E-state index contributed by atoms with van der Waals surface area (Å²) in [5, 5.41) is 18.1.